The maximum Gasteiger partial charge on any atom is 0.295 e. The van der Waals surface area contributed by atoms with Crippen molar-refractivity contribution in [1.29, 1.82) is 0 Å². The Labute approximate surface area is 185 Å². The monoisotopic (exact) mass is 460 g/mol. The summed E-state index contributed by atoms with van der Waals surface area (Å²) >= 11 is 11.9. The molecule has 4 rings (SSSR count). The second-order valence-electron chi connectivity index (χ2n) is 6.79. The van der Waals surface area contributed by atoms with Gasteiger partial charge in [-0.25, -0.2) is 14.0 Å². The van der Waals surface area contributed by atoms with Gasteiger partial charge in [0.2, 0.25) is 0 Å². The number of carbonyl (C=O) groups excluding carboxylic acids is 2. The molecule has 0 saturated carbocycles. The van der Waals surface area contributed by atoms with Crippen LogP contribution in [0.5, 0.6) is 0 Å². The largest absolute Gasteiger partial charge is 0.344 e. The number of hydrogen-bond donors (Lipinski definition) is 1. The molecule has 0 saturated heterocycles. The summed E-state index contributed by atoms with van der Waals surface area (Å²) < 4.78 is 16.5. The summed E-state index contributed by atoms with van der Waals surface area (Å²) in [6, 6.07) is 12.4. The minimum absolute atomic E-state index is 0.0582. The van der Waals surface area contributed by atoms with Gasteiger partial charge in [0.05, 0.1) is 22.1 Å². The Hall–Kier alpha value is -3.36. The lowest BCUT2D eigenvalue weighted by Crippen LogP contribution is -2.32. The standard InChI is InChI=1S/C21H15Cl2FN4O3/c1-11-17(21(31)28(26(11)2)12-6-4-3-5-7-12)25-18-16(23)19(29)27(20(18)30)13-8-9-15(24)14(22)10-13/h3-10,25H,1-2H3. The minimum atomic E-state index is -0.811. The molecule has 0 atom stereocenters. The average molecular weight is 461 g/mol. The van der Waals surface area contributed by atoms with Gasteiger partial charge in [-0.1, -0.05) is 41.4 Å². The lowest BCUT2D eigenvalue weighted by Gasteiger charge is -2.15. The molecule has 3 aromatic rings. The molecular formula is C21H15Cl2FN4O3. The molecular weight excluding hydrogens is 446 g/mol. The van der Waals surface area contributed by atoms with E-state index in [1.807, 2.05) is 6.07 Å². The van der Waals surface area contributed by atoms with Crippen LogP contribution in [-0.4, -0.2) is 21.2 Å². The molecule has 1 N–H and O–H groups in total. The molecule has 2 amide bonds. The van der Waals surface area contributed by atoms with Crippen molar-refractivity contribution in [2.75, 3.05) is 10.2 Å². The van der Waals surface area contributed by atoms with Crippen molar-refractivity contribution in [3.8, 4) is 5.69 Å². The number of hydrogen-bond acceptors (Lipinski definition) is 4. The fraction of sp³-hybridized carbons (Fsp3) is 0.0952. The van der Waals surface area contributed by atoms with Gasteiger partial charge in [-0.05, 0) is 37.3 Å². The van der Waals surface area contributed by atoms with Crippen molar-refractivity contribution in [2.24, 2.45) is 7.05 Å². The Morgan fingerprint density at radius 2 is 1.61 bits per heavy atom. The van der Waals surface area contributed by atoms with Gasteiger partial charge >= 0.3 is 0 Å². The van der Waals surface area contributed by atoms with E-state index >= 15 is 0 Å². The molecule has 0 fully saturated rings. The number of carbonyl (C=O) groups is 2. The Balaban J connectivity index is 1.73. The van der Waals surface area contributed by atoms with Crippen LogP contribution in [0.15, 0.2) is 64.1 Å². The van der Waals surface area contributed by atoms with Gasteiger partial charge in [0.1, 0.15) is 22.2 Å². The van der Waals surface area contributed by atoms with Gasteiger partial charge in [0.25, 0.3) is 17.4 Å². The zero-order chi connectivity index (χ0) is 22.4. The van der Waals surface area contributed by atoms with Crippen molar-refractivity contribution in [2.45, 2.75) is 6.92 Å². The molecule has 1 aliphatic heterocycles. The van der Waals surface area contributed by atoms with E-state index in [0.29, 0.717) is 11.4 Å². The number of aromatic nitrogens is 2. The van der Waals surface area contributed by atoms with Crippen LogP contribution in [0.25, 0.3) is 5.69 Å². The van der Waals surface area contributed by atoms with Crippen LogP contribution in [-0.2, 0) is 16.6 Å². The number of rotatable bonds is 4. The van der Waals surface area contributed by atoms with Crippen LogP contribution < -0.4 is 15.8 Å². The summed E-state index contributed by atoms with van der Waals surface area (Å²) in [5.41, 5.74) is 0.629. The van der Waals surface area contributed by atoms with Crippen molar-refractivity contribution >= 4 is 46.4 Å². The Morgan fingerprint density at radius 1 is 0.935 bits per heavy atom. The fourth-order valence-corrected chi connectivity index (χ4v) is 3.69. The number of halogens is 3. The van der Waals surface area contributed by atoms with Crippen LogP contribution in [0.4, 0.5) is 15.8 Å². The van der Waals surface area contributed by atoms with Crippen LogP contribution in [0.2, 0.25) is 5.02 Å². The molecule has 0 spiro atoms. The molecule has 0 unspecified atom stereocenters. The van der Waals surface area contributed by atoms with Crippen molar-refractivity contribution in [1.82, 2.24) is 9.36 Å². The summed E-state index contributed by atoms with van der Waals surface area (Å²) in [5.74, 6) is -2.29. The summed E-state index contributed by atoms with van der Waals surface area (Å²) in [7, 11) is 1.69. The second kappa shape index (κ2) is 7.72. The van der Waals surface area contributed by atoms with Crippen LogP contribution >= 0.6 is 23.2 Å². The van der Waals surface area contributed by atoms with Crippen molar-refractivity contribution < 1.29 is 14.0 Å². The maximum atomic E-state index is 13.5. The topological polar surface area (TPSA) is 76.3 Å². The first-order valence-electron chi connectivity index (χ1n) is 9.07. The van der Waals surface area contributed by atoms with Gasteiger partial charge < -0.3 is 5.32 Å². The highest BCUT2D eigenvalue weighted by molar-refractivity contribution is 6.53. The van der Waals surface area contributed by atoms with E-state index in [9.17, 15) is 18.8 Å². The zero-order valence-corrected chi connectivity index (χ0v) is 17.8. The first-order chi connectivity index (χ1) is 14.7. The highest BCUT2D eigenvalue weighted by atomic mass is 35.5. The van der Waals surface area contributed by atoms with Gasteiger partial charge in [-0.3, -0.25) is 19.1 Å². The third kappa shape index (κ3) is 3.34. The van der Waals surface area contributed by atoms with E-state index in [1.54, 1.807) is 42.9 Å². The zero-order valence-electron chi connectivity index (χ0n) is 16.3. The van der Waals surface area contributed by atoms with Crippen LogP contribution in [0.1, 0.15) is 5.69 Å². The normalized spacial score (nSPS) is 14.0. The van der Waals surface area contributed by atoms with Crippen molar-refractivity contribution in [3.05, 3.63) is 86.1 Å². The average Bonchev–Trinajstić information content (AvgIpc) is 3.09. The fourth-order valence-electron chi connectivity index (χ4n) is 3.31. The first-order valence-corrected chi connectivity index (χ1v) is 9.82. The molecule has 2 aromatic carbocycles. The summed E-state index contributed by atoms with van der Waals surface area (Å²) in [4.78, 5) is 39.4. The van der Waals surface area contributed by atoms with E-state index in [1.165, 1.54) is 10.7 Å². The SMILES string of the molecule is Cc1c(NC2=C(Cl)C(=O)N(c3ccc(F)c(Cl)c3)C2=O)c(=O)n(-c2ccccc2)n1C. The van der Waals surface area contributed by atoms with Gasteiger partial charge in [-0.2, -0.15) is 0 Å². The van der Waals surface area contributed by atoms with Gasteiger partial charge in [0, 0.05) is 7.05 Å². The van der Waals surface area contributed by atoms with E-state index in [-0.39, 0.29) is 27.1 Å². The van der Waals surface area contributed by atoms with E-state index in [4.69, 9.17) is 23.2 Å². The molecule has 7 nitrogen and oxygen atoms in total. The molecule has 1 aromatic heterocycles. The Bertz CT molecular complexity index is 1330. The predicted octanol–water partition coefficient (Wildman–Crippen LogP) is 3.71. The summed E-state index contributed by atoms with van der Waals surface area (Å²) in [5, 5.41) is 2.10. The molecule has 31 heavy (non-hydrogen) atoms. The van der Waals surface area contributed by atoms with E-state index < -0.39 is 23.2 Å². The molecule has 0 aliphatic carbocycles. The third-order valence-electron chi connectivity index (χ3n) is 4.99. The Kier molecular flexibility index (Phi) is 5.20. The number of para-hydroxylation sites is 1. The summed E-state index contributed by atoms with van der Waals surface area (Å²) in [6.45, 7) is 1.69. The lowest BCUT2D eigenvalue weighted by atomic mass is 10.3. The van der Waals surface area contributed by atoms with Gasteiger partial charge in [-0.15, -0.1) is 0 Å². The van der Waals surface area contributed by atoms with Crippen molar-refractivity contribution in [3.63, 3.8) is 0 Å². The highest BCUT2D eigenvalue weighted by Crippen LogP contribution is 2.32. The van der Waals surface area contributed by atoms with Gasteiger partial charge in [0.15, 0.2) is 0 Å². The quantitative estimate of drug-likeness (QED) is 0.602. The molecule has 0 bridgehead atoms. The van der Waals surface area contributed by atoms with Crippen LogP contribution in [0, 0.1) is 12.7 Å². The number of nitrogens with one attached hydrogen (secondary N) is 1. The molecule has 1 aliphatic rings. The minimum Gasteiger partial charge on any atom is -0.344 e. The predicted molar refractivity (Wildman–Crippen MR) is 116 cm³/mol. The molecule has 0 radical (unpaired) electrons. The highest BCUT2D eigenvalue weighted by Gasteiger charge is 2.40. The number of anilines is 2. The number of benzene rings is 2. The second-order valence-corrected chi connectivity index (χ2v) is 7.58. The smallest absolute Gasteiger partial charge is 0.295 e. The Morgan fingerprint density at radius 3 is 2.26 bits per heavy atom. The summed E-state index contributed by atoms with van der Waals surface area (Å²) in [6.07, 6.45) is 0. The van der Waals surface area contributed by atoms with E-state index in [2.05, 4.69) is 5.32 Å². The van der Waals surface area contributed by atoms with E-state index in [0.717, 1.165) is 17.0 Å². The molecule has 10 heteroatoms. The van der Waals surface area contributed by atoms with Crippen LogP contribution in [0.3, 0.4) is 0 Å². The number of imide groups is 1. The first kappa shape index (κ1) is 20.9. The third-order valence-corrected chi connectivity index (χ3v) is 5.63. The lowest BCUT2D eigenvalue weighted by molar-refractivity contribution is -0.120. The number of nitrogens with zero attached hydrogens (tertiary/aromatic N) is 3. The number of amides is 2. The maximum absolute atomic E-state index is 13.5. The molecule has 2 heterocycles. The molecule has 158 valence electrons.